The Balaban J connectivity index is 2.19. The predicted octanol–water partition coefficient (Wildman–Crippen LogP) is 1.36. The van der Waals surface area contributed by atoms with Crippen LogP contribution in [0.5, 0.6) is 5.75 Å². The molecular weight excluding hydrogens is 256 g/mol. The van der Waals surface area contributed by atoms with Crippen molar-refractivity contribution >= 4 is 17.0 Å². The Morgan fingerprint density at radius 2 is 2.15 bits per heavy atom. The Labute approximate surface area is 116 Å². The molecule has 1 aromatic carbocycles. The average Bonchev–Trinajstić information content (AvgIpc) is 2.99. The highest BCUT2D eigenvalue weighted by Gasteiger charge is 2.19. The van der Waals surface area contributed by atoms with Crippen LogP contribution >= 0.6 is 0 Å². The van der Waals surface area contributed by atoms with Gasteiger partial charge in [0.05, 0.1) is 24.2 Å². The van der Waals surface area contributed by atoms with Gasteiger partial charge in [0.25, 0.3) is 0 Å². The van der Waals surface area contributed by atoms with Crippen LogP contribution < -0.4 is 10.5 Å². The fourth-order valence-electron chi connectivity index (χ4n) is 2.41. The van der Waals surface area contributed by atoms with Crippen molar-refractivity contribution in [1.29, 1.82) is 0 Å². The summed E-state index contributed by atoms with van der Waals surface area (Å²) in [6.07, 6.45) is 1.67. The highest BCUT2D eigenvalue weighted by molar-refractivity contribution is 5.80. The molecule has 0 aliphatic carbocycles. The monoisotopic (exact) mass is 272 g/mol. The summed E-state index contributed by atoms with van der Waals surface area (Å²) in [6.45, 7) is 2.01. The Kier molecular flexibility index (Phi) is 2.81. The molecule has 2 heterocycles. The summed E-state index contributed by atoms with van der Waals surface area (Å²) < 4.78 is 9.07. The zero-order chi connectivity index (χ0) is 14.3. The van der Waals surface area contributed by atoms with Crippen LogP contribution in [0.3, 0.4) is 0 Å². The van der Waals surface area contributed by atoms with Gasteiger partial charge in [0.1, 0.15) is 12.1 Å². The third-order valence-corrected chi connectivity index (χ3v) is 3.43. The first-order chi connectivity index (χ1) is 9.61. The second-order valence-corrected chi connectivity index (χ2v) is 4.67. The van der Waals surface area contributed by atoms with Crippen molar-refractivity contribution in [2.75, 3.05) is 12.8 Å². The Bertz CT molecular complexity index is 759. The lowest BCUT2D eigenvalue weighted by Gasteiger charge is -2.15. The summed E-state index contributed by atoms with van der Waals surface area (Å²) in [7, 11) is 3.54. The number of nitrogens with two attached hydrogens (primary N) is 1. The van der Waals surface area contributed by atoms with E-state index in [0.29, 0.717) is 5.95 Å². The second kappa shape index (κ2) is 4.52. The van der Waals surface area contributed by atoms with Crippen molar-refractivity contribution in [2.24, 2.45) is 7.05 Å². The lowest BCUT2D eigenvalue weighted by atomic mass is 10.2. The second-order valence-electron chi connectivity index (χ2n) is 4.67. The molecule has 0 bridgehead atoms. The van der Waals surface area contributed by atoms with Crippen LogP contribution in [0.2, 0.25) is 0 Å². The van der Waals surface area contributed by atoms with Crippen molar-refractivity contribution in [2.45, 2.75) is 13.0 Å². The van der Waals surface area contributed by atoms with Crippen molar-refractivity contribution in [3.05, 3.63) is 30.4 Å². The molecular formula is C13H16N6O. The van der Waals surface area contributed by atoms with Gasteiger partial charge in [-0.25, -0.2) is 4.98 Å². The van der Waals surface area contributed by atoms with Crippen molar-refractivity contribution < 1.29 is 4.74 Å². The van der Waals surface area contributed by atoms with Crippen molar-refractivity contribution in [1.82, 2.24) is 24.3 Å². The van der Waals surface area contributed by atoms with E-state index in [0.717, 1.165) is 22.6 Å². The smallest absolute Gasteiger partial charge is 0.201 e. The van der Waals surface area contributed by atoms with E-state index in [4.69, 9.17) is 10.5 Å². The highest BCUT2D eigenvalue weighted by atomic mass is 16.5. The number of hydrogen-bond acceptors (Lipinski definition) is 5. The molecule has 0 aliphatic heterocycles. The summed E-state index contributed by atoms with van der Waals surface area (Å²) in [5.74, 6) is 2.03. The van der Waals surface area contributed by atoms with E-state index >= 15 is 0 Å². The number of aryl methyl sites for hydroxylation is 1. The number of fused-ring (bicyclic) bond motifs is 1. The molecule has 3 rings (SSSR count). The number of nitrogen functional groups attached to an aromatic ring is 1. The van der Waals surface area contributed by atoms with Gasteiger partial charge < -0.3 is 15.0 Å². The summed E-state index contributed by atoms with van der Waals surface area (Å²) in [5, 5.41) is 8.05. The molecule has 0 aliphatic rings. The summed E-state index contributed by atoms with van der Waals surface area (Å²) in [5.41, 5.74) is 7.80. The number of ether oxygens (including phenoxy) is 1. The standard InChI is InChI=1S/C13H16N6O/c1-8(12-17-15-7-18(12)2)19-11-6-9(20-3)4-5-10(11)16-13(19)14/h4-8H,1-3H3,(H2,14,16). The van der Waals surface area contributed by atoms with Gasteiger partial charge in [-0.2, -0.15) is 0 Å². The van der Waals surface area contributed by atoms with E-state index in [1.54, 1.807) is 13.4 Å². The molecule has 0 saturated carbocycles. The number of rotatable bonds is 3. The van der Waals surface area contributed by atoms with Gasteiger partial charge in [-0.3, -0.25) is 4.57 Å². The van der Waals surface area contributed by atoms with Crippen LogP contribution in [0, 0.1) is 0 Å². The minimum atomic E-state index is -0.0698. The minimum Gasteiger partial charge on any atom is -0.497 e. The molecule has 2 aromatic heterocycles. The molecule has 3 aromatic rings. The summed E-state index contributed by atoms with van der Waals surface area (Å²) in [6, 6.07) is 5.61. The third kappa shape index (κ3) is 1.78. The van der Waals surface area contributed by atoms with Gasteiger partial charge in [-0.1, -0.05) is 0 Å². The van der Waals surface area contributed by atoms with E-state index in [1.807, 2.05) is 41.3 Å². The molecule has 20 heavy (non-hydrogen) atoms. The Morgan fingerprint density at radius 3 is 2.80 bits per heavy atom. The SMILES string of the molecule is COc1ccc2nc(N)n(C(C)c3nncn3C)c2c1. The maximum atomic E-state index is 6.06. The Hall–Kier alpha value is -2.57. The van der Waals surface area contributed by atoms with Crippen LogP contribution in [0.15, 0.2) is 24.5 Å². The highest BCUT2D eigenvalue weighted by Crippen LogP contribution is 2.28. The minimum absolute atomic E-state index is 0.0698. The number of hydrogen-bond donors (Lipinski definition) is 1. The van der Waals surface area contributed by atoms with E-state index < -0.39 is 0 Å². The Morgan fingerprint density at radius 1 is 1.35 bits per heavy atom. The van der Waals surface area contributed by atoms with Gasteiger partial charge in [-0.15, -0.1) is 10.2 Å². The molecule has 2 N–H and O–H groups in total. The molecule has 7 nitrogen and oxygen atoms in total. The van der Waals surface area contributed by atoms with E-state index in [-0.39, 0.29) is 6.04 Å². The fourth-order valence-corrected chi connectivity index (χ4v) is 2.41. The molecule has 0 saturated heterocycles. The van der Waals surface area contributed by atoms with Crippen LogP contribution in [0.4, 0.5) is 5.95 Å². The van der Waals surface area contributed by atoms with Crippen molar-refractivity contribution in [3.8, 4) is 5.75 Å². The lowest BCUT2D eigenvalue weighted by molar-refractivity contribution is 0.415. The number of nitrogens with zero attached hydrogens (tertiary/aromatic N) is 5. The van der Waals surface area contributed by atoms with E-state index in [2.05, 4.69) is 15.2 Å². The topological polar surface area (TPSA) is 83.8 Å². The van der Waals surface area contributed by atoms with Crippen LogP contribution in [0.1, 0.15) is 18.8 Å². The molecule has 104 valence electrons. The first kappa shape index (κ1) is 12.5. The maximum Gasteiger partial charge on any atom is 0.201 e. The quantitative estimate of drug-likeness (QED) is 0.778. The van der Waals surface area contributed by atoms with Gasteiger partial charge in [0.15, 0.2) is 5.82 Å². The van der Waals surface area contributed by atoms with Gasteiger partial charge in [0, 0.05) is 13.1 Å². The zero-order valence-electron chi connectivity index (χ0n) is 11.6. The molecule has 7 heteroatoms. The summed E-state index contributed by atoms with van der Waals surface area (Å²) in [4.78, 5) is 4.38. The van der Waals surface area contributed by atoms with E-state index in [1.165, 1.54) is 0 Å². The number of benzene rings is 1. The fraction of sp³-hybridized carbons (Fsp3) is 0.308. The third-order valence-electron chi connectivity index (χ3n) is 3.43. The molecule has 0 amide bonds. The van der Waals surface area contributed by atoms with Crippen LogP contribution in [-0.4, -0.2) is 31.4 Å². The predicted molar refractivity (Wildman–Crippen MR) is 75.5 cm³/mol. The molecule has 0 spiro atoms. The number of imidazole rings is 1. The van der Waals surface area contributed by atoms with Crippen molar-refractivity contribution in [3.63, 3.8) is 0 Å². The van der Waals surface area contributed by atoms with Crippen LogP contribution in [-0.2, 0) is 7.05 Å². The maximum absolute atomic E-state index is 6.06. The van der Waals surface area contributed by atoms with E-state index in [9.17, 15) is 0 Å². The lowest BCUT2D eigenvalue weighted by Crippen LogP contribution is -2.14. The molecule has 0 fully saturated rings. The number of methoxy groups -OCH3 is 1. The molecule has 1 unspecified atom stereocenters. The number of aromatic nitrogens is 5. The number of anilines is 1. The first-order valence-electron chi connectivity index (χ1n) is 6.27. The van der Waals surface area contributed by atoms with Gasteiger partial charge in [0.2, 0.25) is 5.95 Å². The summed E-state index contributed by atoms with van der Waals surface area (Å²) >= 11 is 0. The first-order valence-corrected chi connectivity index (χ1v) is 6.27. The van der Waals surface area contributed by atoms with Gasteiger partial charge in [-0.05, 0) is 19.1 Å². The largest absolute Gasteiger partial charge is 0.497 e. The molecule has 1 atom stereocenters. The molecule has 0 radical (unpaired) electrons. The zero-order valence-corrected chi connectivity index (χ0v) is 11.6. The van der Waals surface area contributed by atoms with Crippen LogP contribution in [0.25, 0.3) is 11.0 Å². The normalized spacial score (nSPS) is 12.8. The van der Waals surface area contributed by atoms with Gasteiger partial charge >= 0.3 is 0 Å². The average molecular weight is 272 g/mol.